The van der Waals surface area contributed by atoms with Crippen LogP contribution in [-0.2, 0) is 16.4 Å². The molecule has 102 valence electrons. The number of rotatable bonds is 5. The van der Waals surface area contributed by atoms with Crippen molar-refractivity contribution in [3.63, 3.8) is 0 Å². The molecule has 0 radical (unpaired) electrons. The van der Waals surface area contributed by atoms with Crippen molar-refractivity contribution in [2.24, 2.45) is 5.14 Å². The highest BCUT2D eigenvalue weighted by Crippen LogP contribution is 2.29. The molecule has 1 saturated heterocycles. The van der Waals surface area contributed by atoms with E-state index >= 15 is 0 Å². The van der Waals surface area contributed by atoms with E-state index in [0.29, 0.717) is 24.7 Å². The Morgan fingerprint density at radius 2 is 2.33 bits per heavy atom. The summed E-state index contributed by atoms with van der Waals surface area (Å²) in [6, 6.07) is 0.0517. The van der Waals surface area contributed by atoms with Crippen LogP contribution in [-0.4, -0.2) is 42.3 Å². The maximum Gasteiger partial charge on any atom is 0.226 e. The van der Waals surface area contributed by atoms with Gasteiger partial charge in [0.2, 0.25) is 15.9 Å². The molecule has 2 heterocycles. The topological polar surface area (TPSA) is 102 Å². The van der Waals surface area contributed by atoms with Crippen LogP contribution < -0.4 is 5.14 Å². The van der Waals surface area contributed by atoms with Gasteiger partial charge in [0.15, 0.2) is 5.82 Å². The summed E-state index contributed by atoms with van der Waals surface area (Å²) in [5.74, 6) is 1.23. The van der Waals surface area contributed by atoms with Gasteiger partial charge in [0.1, 0.15) is 0 Å². The van der Waals surface area contributed by atoms with Crippen molar-refractivity contribution in [3.8, 4) is 0 Å². The molecule has 1 aromatic rings. The Hall–Kier alpha value is -0.990. The number of hydrogen-bond acceptors (Lipinski definition) is 6. The average Bonchev–Trinajstić information content (AvgIpc) is 2.93. The van der Waals surface area contributed by atoms with Crippen molar-refractivity contribution < 1.29 is 12.9 Å². The fourth-order valence-electron chi connectivity index (χ4n) is 2.18. The first-order chi connectivity index (χ1) is 8.49. The summed E-state index contributed by atoms with van der Waals surface area (Å²) in [4.78, 5) is 6.36. The standard InChI is InChI=1S/C10H18N4O3S/c1-2-9-12-10(13-17-9)8-4-3-5-14(8)6-7-18(11,15)16/h8H,2-7H2,1H3,(H2,11,15,16). The molecule has 2 N–H and O–H groups in total. The molecule has 1 unspecified atom stereocenters. The Kier molecular flexibility index (Phi) is 3.98. The Morgan fingerprint density at radius 1 is 1.56 bits per heavy atom. The van der Waals surface area contributed by atoms with E-state index in [1.165, 1.54) is 0 Å². The quantitative estimate of drug-likeness (QED) is 0.814. The van der Waals surface area contributed by atoms with Gasteiger partial charge in [-0.15, -0.1) is 0 Å². The first-order valence-corrected chi connectivity index (χ1v) is 7.78. The van der Waals surface area contributed by atoms with Gasteiger partial charge in [-0.2, -0.15) is 4.98 Å². The zero-order valence-electron chi connectivity index (χ0n) is 10.4. The van der Waals surface area contributed by atoms with Crippen LogP contribution in [0.25, 0.3) is 0 Å². The van der Waals surface area contributed by atoms with E-state index in [1.807, 2.05) is 6.92 Å². The monoisotopic (exact) mass is 274 g/mol. The van der Waals surface area contributed by atoms with E-state index in [-0.39, 0.29) is 11.8 Å². The predicted molar refractivity (Wildman–Crippen MR) is 65.2 cm³/mol. The molecule has 0 bridgehead atoms. The van der Waals surface area contributed by atoms with Crippen molar-refractivity contribution in [1.82, 2.24) is 15.0 Å². The molecular formula is C10H18N4O3S. The van der Waals surface area contributed by atoms with Gasteiger partial charge in [0, 0.05) is 13.0 Å². The van der Waals surface area contributed by atoms with E-state index in [0.717, 1.165) is 19.4 Å². The lowest BCUT2D eigenvalue weighted by Gasteiger charge is -2.20. The molecule has 2 rings (SSSR count). The second-order valence-electron chi connectivity index (χ2n) is 4.46. The van der Waals surface area contributed by atoms with Crippen LogP contribution in [0.1, 0.15) is 37.5 Å². The summed E-state index contributed by atoms with van der Waals surface area (Å²) in [5, 5.41) is 8.97. The molecule has 1 aromatic heterocycles. The molecule has 0 spiro atoms. The van der Waals surface area contributed by atoms with Crippen LogP contribution in [0.5, 0.6) is 0 Å². The molecule has 0 amide bonds. The molecule has 1 fully saturated rings. The number of sulfonamides is 1. The number of primary sulfonamides is 1. The number of nitrogens with two attached hydrogens (primary N) is 1. The average molecular weight is 274 g/mol. The van der Waals surface area contributed by atoms with E-state index in [2.05, 4.69) is 15.0 Å². The summed E-state index contributed by atoms with van der Waals surface area (Å²) in [6.07, 6.45) is 2.63. The predicted octanol–water partition coefficient (Wildman–Crippen LogP) is 0.0574. The highest BCUT2D eigenvalue weighted by molar-refractivity contribution is 7.89. The Morgan fingerprint density at radius 3 is 2.94 bits per heavy atom. The van der Waals surface area contributed by atoms with Gasteiger partial charge in [0.05, 0.1) is 11.8 Å². The van der Waals surface area contributed by atoms with E-state index in [1.54, 1.807) is 0 Å². The minimum absolute atomic E-state index is 0.0397. The second kappa shape index (κ2) is 5.33. The molecular weight excluding hydrogens is 256 g/mol. The van der Waals surface area contributed by atoms with Gasteiger partial charge in [0.25, 0.3) is 0 Å². The molecule has 0 saturated carbocycles. The van der Waals surface area contributed by atoms with Gasteiger partial charge in [-0.1, -0.05) is 12.1 Å². The summed E-state index contributed by atoms with van der Waals surface area (Å²) in [7, 11) is -3.42. The lowest BCUT2D eigenvalue weighted by Crippen LogP contribution is -2.31. The first kappa shape index (κ1) is 13.4. The fourth-order valence-corrected chi connectivity index (χ4v) is 2.67. The van der Waals surface area contributed by atoms with Crippen LogP contribution >= 0.6 is 0 Å². The van der Waals surface area contributed by atoms with Gasteiger partial charge in [-0.05, 0) is 19.4 Å². The lowest BCUT2D eigenvalue weighted by atomic mass is 10.2. The van der Waals surface area contributed by atoms with Crippen LogP contribution in [0.3, 0.4) is 0 Å². The highest BCUT2D eigenvalue weighted by Gasteiger charge is 2.30. The maximum absolute atomic E-state index is 11.0. The van der Waals surface area contributed by atoms with Gasteiger partial charge >= 0.3 is 0 Å². The second-order valence-corrected chi connectivity index (χ2v) is 6.19. The molecule has 0 aliphatic carbocycles. The Balaban J connectivity index is 2.03. The lowest BCUT2D eigenvalue weighted by molar-refractivity contribution is 0.255. The SMILES string of the molecule is CCc1nc(C2CCCN2CCS(N)(=O)=O)no1. The van der Waals surface area contributed by atoms with Crippen molar-refractivity contribution in [1.29, 1.82) is 0 Å². The third kappa shape index (κ3) is 3.27. The summed E-state index contributed by atoms with van der Waals surface area (Å²) in [6.45, 7) is 3.21. The van der Waals surface area contributed by atoms with Crippen LogP contribution in [0.2, 0.25) is 0 Å². The summed E-state index contributed by atoms with van der Waals surface area (Å²) in [5.41, 5.74) is 0. The number of aryl methyl sites for hydroxylation is 1. The van der Waals surface area contributed by atoms with Crippen molar-refractivity contribution in [3.05, 3.63) is 11.7 Å². The maximum atomic E-state index is 11.0. The number of likely N-dealkylation sites (tertiary alicyclic amines) is 1. The van der Waals surface area contributed by atoms with Crippen LogP contribution in [0.4, 0.5) is 0 Å². The van der Waals surface area contributed by atoms with Crippen molar-refractivity contribution in [2.75, 3.05) is 18.8 Å². The number of hydrogen-bond donors (Lipinski definition) is 1. The van der Waals surface area contributed by atoms with Crippen molar-refractivity contribution in [2.45, 2.75) is 32.2 Å². The van der Waals surface area contributed by atoms with Gasteiger partial charge in [-0.25, -0.2) is 13.6 Å². The van der Waals surface area contributed by atoms with Crippen molar-refractivity contribution >= 4 is 10.0 Å². The van der Waals surface area contributed by atoms with Crippen LogP contribution in [0.15, 0.2) is 4.52 Å². The fraction of sp³-hybridized carbons (Fsp3) is 0.800. The Bertz CT molecular complexity index is 499. The van der Waals surface area contributed by atoms with E-state index in [4.69, 9.17) is 9.66 Å². The molecule has 8 heteroatoms. The zero-order chi connectivity index (χ0) is 13.2. The zero-order valence-corrected chi connectivity index (χ0v) is 11.2. The van der Waals surface area contributed by atoms with Gasteiger partial charge in [-0.3, -0.25) is 4.90 Å². The normalized spacial score (nSPS) is 21.6. The minimum atomic E-state index is -3.42. The molecule has 0 aromatic carbocycles. The largest absolute Gasteiger partial charge is 0.339 e. The molecule has 18 heavy (non-hydrogen) atoms. The summed E-state index contributed by atoms with van der Waals surface area (Å²) >= 11 is 0. The van der Waals surface area contributed by atoms with Crippen LogP contribution in [0, 0.1) is 0 Å². The molecule has 1 aliphatic heterocycles. The number of aromatic nitrogens is 2. The minimum Gasteiger partial charge on any atom is -0.339 e. The van der Waals surface area contributed by atoms with E-state index < -0.39 is 10.0 Å². The Labute approximate surface area is 106 Å². The van der Waals surface area contributed by atoms with Gasteiger partial charge < -0.3 is 4.52 Å². The summed E-state index contributed by atoms with van der Waals surface area (Å²) < 4.78 is 27.1. The third-order valence-electron chi connectivity index (χ3n) is 3.11. The molecule has 7 nitrogen and oxygen atoms in total. The molecule has 1 aliphatic rings. The third-order valence-corrected chi connectivity index (χ3v) is 3.86. The smallest absolute Gasteiger partial charge is 0.226 e. The molecule has 1 atom stereocenters. The van der Waals surface area contributed by atoms with E-state index in [9.17, 15) is 8.42 Å². The highest BCUT2D eigenvalue weighted by atomic mass is 32.2. The number of nitrogens with zero attached hydrogens (tertiary/aromatic N) is 3. The first-order valence-electron chi connectivity index (χ1n) is 6.06.